The molecule has 0 unspecified atom stereocenters. The van der Waals surface area contributed by atoms with E-state index in [9.17, 15) is 13.2 Å². The highest BCUT2D eigenvalue weighted by Crippen LogP contribution is 2.28. The standard InChI is InChI=1S/C18H28N4O3S.ClH/c23-18(20-7-2-10-22-11-8-19-9-12-22)16-3-1-4-17(13-16)26(24,25)21-14-15-5-6-15;/h1,3-4,13,15,19,21H,2,5-12,14H2,(H,20,23);1H. The van der Waals surface area contributed by atoms with Crippen LogP contribution in [0.25, 0.3) is 0 Å². The summed E-state index contributed by atoms with van der Waals surface area (Å²) in [5, 5.41) is 6.20. The number of piperazine rings is 1. The van der Waals surface area contributed by atoms with Gasteiger partial charge in [0.25, 0.3) is 5.91 Å². The van der Waals surface area contributed by atoms with E-state index < -0.39 is 10.0 Å². The van der Waals surface area contributed by atoms with Crippen LogP contribution in [0.3, 0.4) is 0 Å². The van der Waals surface area contributed by atoms with Crippen LogP contribution in [0.15, 0.2) is 29.2 Å². The average molecular weight is 417 g/mol. The summed E-state index contributed by atoms with van der Waals surface area (Å²) >= 11 is 0. The smallest absolute Gasteiger partial charge is 0.251 e. The molecule has 1 heterocycles. The minimum absolute atomic E-state index is 0. The van der Waals surface area contributed by atoms with E-state index in [2.05, 4.69) is 20.3 Å². The summed E-state index contributed by atoms with van der Waals surface area (Å²) in [4.78, 5) is 14.8. The van der Waals surface area contributed by atoms with Gasteiger partial charge in [-0.2, -0.15) is 0 Å². The van der Waals surface area contributed by atoms with Gasteiger partial charge >= 0.3 is 0 Å². The maximum Gasteiger partial charge on any atom is 0.251 e. The van der Waals surface area contributed by atoms with Crippen molar-refractivity contribution in [3.8, 4) is 0 Å². The van der Waals surface area contributed by atoms with Gasteiger partial charge in [-0.25, -0.2) is 13.1 Å². The molecular formula is C18H29ClN4O3S. The molecule has 0 spiro atoms. The van der Waals surface area contributed by atoms with Gasteiger partial charge in [-0.05, 0) is 49.9 Å². The first-order chi connectivity index (χ1) is 12.5. The van der Waals surface area contributed by atoms with Gasteiger partial charge < -0.3 is 15.5 Å². The Morgan fingerprint density at radius 3 is 2.67 bits per heavy atom. The molecule has 0 radical (unpaired) electrons. The minimum atomic E-state index is -3.55. The predicted molar refractivity (Wildman–Crippen MR) is 108 cm³/mol. The molecule has 9 heteroatoms. The summed E-state index contributed by atoms with van der Waals surface area (Å²) in [6.45, 7) is 6.14. The predicted octanol–water partition coefficient (Wildman–Crippen LogP) is 0.822. The van der Waals surface area contributed by atoms with Gasteiger partial charge in [0.15, 0.2) is 0 Å². The topological polar surface area (TPSA) is 90.5 Å². The Morgan fingerprint density at radius 2 is 1.96 bits per heavy atom. The maximum atomic E-state index is 12.3. The lowest BCUT2D eigenvalue weighted by Gasteiger charge is -2.27. The molecule has 27 heavy (non-hydrogen) atoms. The van der Waals surface area contributed by atoms with Crippen LogP contribution < -0.4 is 15.4 Å². The van der Waals surface area contributed by atoms with Crippen molar-refractivity contribution >= 4 is 28.3 Å². The number of nitrogens with one attached hydrogen (secondary N) is 3. The van der Waals surface area contributed by atoms with Crippen LogP contribution in [0.5, 0.6) is 0 Å². The Bertz CT molecular complexity index is 719. The first kappa shape index (κ1) is 22.1. The molecular weight excluding hydrogens is 388 g/mol. The van der Waals surface area contributed by atoms with E-state index in [1.165, 1.54) is 12.1 Å². The molecule has 152 valence electrons. The normalized spacial score (nSPS) is 17.9. The van der Waals surface area contributed by atoms with Crippen molar-refractivity contribution in [3.63, 3.8) is 0 Å². The zero-order valence-electron chi connectivity index (χ0n) is 15.4. The molecule has 0 aromatic heterocycles. The lowest BCUT2D eigenvalue weighted by Crippen LogP contribution is -2.44. The highest BCUT2D eigenvalue weighted by molar-refractivity contribution is 7.89. The van der Waals surface area contributed by atoms with Gasteiger partial charge in [0.2, 0.25) is 10.0 Å². The van der Waals surface area contributed by atoms with Crippen LogP contribution in [-0.2, 0) is 10.0 Å². The molecule has 0 bridgehead atoms. The number of amides is 1. The molecule has 1 saturated carbocycles. The van der Waals surface area contributed by atoms with Gasteiger partial charge in [-0.3, -0.25) is 4.79 Å². The zero-order valence-corrected chi connectivity index (χ0v) is 17.1. The van der Waals surface area contributed by atoms with Crippen molar-refractivity contribution in [2.75, 3.05) is 45.8 Å². The Hall–Kier alpha value is -1.19. The van der Waals surface area contributed by atoms with Crippen LogP contribution in [0.1, 0.15) is 29.6 Å². The highest BCUT2D eigenvalue weighted by atomic mass is 35.5. The van der Waals surface area contributed by atoms with Crippen LogP contribution in [-0.4, -0.2) is 65.0 Å². The molecule has 1 saturated heterocycles. The summed E-state index contributed by atoms with van der Waals surface area (Å²) in [5.41, 5.74) is 0.376. The fourth-order valence-electron chi connectivity index (χ4n) is 2.98. The van der Waals surface area contributed by atoms with Gasteiger partial charge in [-0.15, -0.1) is 12.4 Å². The molecule has 2 fully saturated rings. The second-order valence-electron chi connectivity index (χ2n) is 7.02. The number of hydrogen-bond acceptors (Lipinski definition) is 5. The van der Waals surface area contributed by atoms with Crippen LogP contribution >= 0.6 is 12.4 Å². The lowest BCUT2D eigenvalue weighted by atomic mass is 10.2. The number of hydrogen-bond donors (Lipinski definition) is 3. The fraction of sp³-hybridized carbons (Fsp3) is 0.611. The average Bonchev–Trinajstić information content (AvgIpc) is 3.49. The number of halogens is 1. The summed E-state index contributed by atoms with van der Waals surface area (Å²) in [5.74, 6) is 0.233. The Morgan fingerprint density at radius 1 is 1.22 bits per heavy atom. The molecule has 0 atom stereocenters. The third-order valence-corrected chi connectivity index (χ3v) is 6.23. The van der Waals surface area contributed by atoms with E-state index >= 15 is 0 Å². The second kappa shape index (κ2) is 10.4. The van der Waals surface area contributed by atoms with Gasteiger partial charge in [0.05, 0.1) is 4.90 Å². The van der Waals surface area contributed by atoms with Crippen molar-refractivity contribution in [2.45, 2.75) is 24.2 Å². The van der Waals surface area contributed by atoms with E-state index in [4.69, 9.17) is 0 Å². The molecule has 1 amide bonds. The molecule has 7 nitrogen and oxygen atoms in total. The van der Waals surface area contributed by atoms with E-state index in [1.807, 2.05) is 0 Å². The fourth-order valence-corrected chi connectivity index (χ4v) is 4.14. The first-order valence-corrected chi connectivity index (χ1v) is 10.8. The third-order valence-electron chi connectivity index (χ3n) is 4.81. The summed E-state index contributed by atoms with van der Waals surface area (Å²) in [6.07, 6.45) is 3.05. The van der Waals surface area contributed by atoms with Crippen molar-refractivity contribution < 1.29 is 13.2 Å². The first-order valence-electron chi connectivity index (χ1n) is 9.35. The van der Waals surface area contributed by atoms with Crippen molar-refractivity contribution in [1.82, 2.24) is 20.3 Å². The Balaban J connectivity index is 0.00000261. The number of carbonyl (C=O) groups excluding carboxylic acids is 1. The molecule has 2 aliphatic rings. The number of carbonyl (C=O) groups is 1. The number of benzene rings is 1. The van der Waals surface area contributed by atoms with E-state index in [-0.39, 0.29) is 23.2 Å². The molecule has 3 rings (SSSR count). The van der Waals surface area contributed by atoms with Crippen molar-refractivity contribution in [2.24, 2.45) is 5.92 Å². The Labute approximate surface area is 167 Å². The monoisotopic (exact) mass is 416 g/mol. The largest absolute Gasteiger partial charge is 0.352 e. The quantitative estimate of drug-likeness (QED) is 0.518. The molecule has 1 aromatic rings. The van der Waals surface area contributed by atoms with Crippen LogP contribution in [0.4, 0.5) is 0 Å². The second-order valence-corrected chi connectivity index (χ2v) is 8.79. The van der Waals surface area contributed by atoms with Crippen molar-refractivity contribution in [1.29, 1.82) is 0 Å². The van der Waals surface area contributed by atoms with E-state index in [0.717, 1.165) is 52.0 Å². The van der Waals surface area contributed by atoms with Gasteiger partial charge in [0.1, 0.15) is 0 Å². The third kappa shape index (κ3) is 7.04. The molecule has 1 aromatic carbocycles. The van der Waals surface area contributed by atoms with Gasteiger partial charge in [-0.1, -0.05) is 6.07 Å². The summed E-state index contributed by atoms with van der Waals surface area (Å²) in [7, 11) is -3.55. The zero-order chi connectivity index (χ0) is 18.4. The van der Waals surface area contributed by atoms with Gasteiger partial charge in [0, 0.05) is 44.8 Å². The molecule has 1 aliphatic heterocycles. The number of sulfonamides is 1. The molecule has 1 aliphatic carbocycles. The minimum Gasteiger partial charge on any atom is -0.352 e. The van der Waals surface area contributed by atoms with Crippen LogP contribution in [0.2, 0.25) is 0 Å². The highest BCUT2D eigenvalue weighted by Gasteiger charge is 2.24. The SMILES string of the molecule is Cl.O=C(NCCCN1CCNCC1)c1cccc(S(=O)(=O)NCC2CC2)c1. The maximum absolute atomic E-state index is 12.3. The number of nitrogens with zero attached hydrogens (tertiary/aromatic N) is 1. The van der Waals surface area contributed by atoms with E-state index in [0.29, 0.717) is 24.6 Å². The summed E-state index contributed by atoms with van der Waals surface area (Å²) < 4.78 is 27.3. The summed E-state index contributed by atoms with van der Waals surface area (Å²) in [6, 6.07) is 6.23. The van der Waals surface area contributed by atoms with Crippen molar-refractivity contribution in [3.05, 3.63) is 29.8 Å². The lowest BCUT2D eigenvalue weighted by molar-refractivity contribution is 0.0951. The number of rotatable bonds is 9. The molecule has 3 N–H and O–H groups in total. The van der Waals surface area contributed by atoms with Crippen LogP contribution in [0, 0.1) is 5.92 Å². The van der Waals surface area contributed by atoms with E-state index in [1.54, 1.807) is 12.1 Å². The Kier molecular flexibility index (Phi) is 8.50.